The van der Waals surface area contributed by atoms with Gasteiger partial charge in [-0.3, -0.25) is 0 Å². The number of esters is 1. The first kappa shape index (κ1) is 13.8. The van der Waals surface area contributed by atoms with Crippen molar-refractivity contribution in [2.75, 3.05) is 25.9 Å². The molecule has 0 aliphatic carbocycles. The zero-order chi connectivity index (χ0) is 11.0. The van der Waals surface area contributed by atoms with Gasteiger partial charge >= 0.3 is 14.0 Å². The Bertz CT molecular complexity index is 199. The van der Waals surface area contributed by atoms with Crippen LogP contribution in [-0.2, 0) is 23.4 Å². The van der Waals surface area contributed by atoms with Crippen molar-refractivity contribution in [2.45, 2.75) is 13.0 Å². The third-order valence-corrected chi connectivity index (χ3v) is 2.41. The largest absolute Gasteiger partial charge is 0.538 e. The number of methoxy groups -OCH3 is 1. The molecule has 14 heavy (non-hydrogen) atoms. The average molecular weight is 244 g/mol. The van der Waals surface area contributed by atoms with Gasteiger partial charge < -0.3 is 9.47 Å². The highest BCUT2D eigenvalue weighted by Crippen LogP contribution is 2.25. The highest BCUT2D eigenvalue weighted by Gasteiger charge is 2.30. The summed E-state index contributed by atoms with van der Waals surface area (Å²) in [6.07, 6.45) is -1.04. The van der Waals surface area contributed by atoms with Gasteiger partial charge in [0.1, 0.15) is 0 Å². The Balaban J connectivity index is 3.92. The molecule has 0 bridgehead atoms. The van der Waals surface area contributed by atoms with Crippen molar-refractivity contribution in [1.29, 1.82) is 0 Å². The van der Waals surface area contributed by atoms with Crippen molar-refractivity contribution < 1.29 is 23.4 Å². The van der Waals surface area contributed by atoms with Gasteiger partial charge in [-0.25, -0.2) is 4.79 Å². The van der Waals surface area contributed by atoms with E-state index in [1.54, 1.807) is 6.92 Å². The lowest BCUT2D eigenvalue weighted by atomic mass is 10.4. The number of halogens is 1. The van der Waals surface area contributed by atoms with Gasteiger partial charge in [-0.2, -0.15) is 0 Å². The number of hydrogen-bond acceptors (Lipinski definition) is 5. The highest BCUT2D eigenvalue weighted by atomic mass is 35.5. The molecule has 5 nitrogen and oxygen atoms in total. The Morgan fingerprint density at radius 3 is 2.64 bits per heavy atom. The second kappa shape index (κ2) is 8.12. The summed E-state index contributed by atoms with van der Waals surface area (Å²) in [7, 11) is -0.818. The molecular formula is C7H13ClO5P+. The van der Waals surface area contributed by atoms with E-state index in [1.165, 1.54) is 7.11 Å². The maximum absolute atomic E-state index is 11.1. The van der Waals surface area contributed by atoms with Crippen LogP contribution in [0.2, 0.25) is 0 Å². The lowest BCUT2D eigenvalue weighted by Gasteiger charge is -2.03. The topological polar surface area (TPSA) is 61.8 Å². The lowest BCUT2D eigenvalue weighted by molar-refractivity contribution is -0.147. The summed E-state index contributed by atoms with van der Waals surface area (Å²) >= 11 is 5.42. The summed E-state index contributed by atoms with van der Waals surface area (Å²) in [5, 5.41) is 0. The van der Waals surface area contributed by atoms with Gasteiger partial charge in [0.25, 0.3) is 6.35 Å². The summed E-state index contributed by atoms with van der Waals surface area (Å²) in [5.74, 6) is -0.736. The van der Waals surface area contributed by atoms with Crippen LogP contribution in [0.1, 0.15) is 6.92 Å². The molecule has 0 aromatic carbocycles. The molecule has 0 radical (unpaired) electrons. The molecule has 82 valence electrons. The predicted octanol–water partition coefficient (Wildman–Crippen LogP) is 1.52. The predicted molar refractivity (Wildman–Crippen MR) is 51.7 cm³/mol. The average Bonchev–Trinajstić information content (AvgIpc) is 2.21. The van der Waals surface area contributed by atoms with Crippen LogP contribution in [0.5, 0.6) is 0 Å². The summed E-state index contributed by atoms with van der Waals surface area (Å²) in [6, 6.07) is 0. The van der Waals surface area contributed by atoms with Gasteiger partial charge in [0, 0.05) is 6.61 Å². The third-order valence-electron chi connectivity index (χ3n) is 1.25. The molecule has 0 N–H and O–H groups in total. The van der Waals surface area contributed by atoms with Crippen LogP contribution in [0.25, 0.3) is 0 Å². The SMILES string of the molecule is CCOC[P+](=O)OC(CCl)C(=O)OC. The second-order valence-electron chi connectivity index (χ2n) is 2.23. The van der Waals surface area contributed by atoms with Crippen LogP contribution in [0, 0.1) is 0 Å². The quantitative estimate of drug-likeness (QED) is 0.385. The molecule has 2 unspecified atom stereocenters. The van der Waals surface area contributed by atoms with E-state index in [9.17, 15) is 9.36 Å². The van der Waals surface area contributed by atoms with Gasteiger partial charge in [0.05, 0.1) is 13.0 Å². The molecule has 0 saturated carbocycles. The van der Waals surface area contributed by atoms with Crippen molar-refractivity contribution >= 4 is 25.6 Å². The van der Waals surface area contributed by atoms with Crippen LogP contribution in [-0.4, -0.2) is 38.0 Å². The van der Waals surface area contributed by atoms with Crippen LogP contribution < -0.4 is 0 Å². The zero-order valence-electron chi connectivity index (χ0n) is 8.07. The summed E-state index contributed by atoms with van der Waals surface area (Å²) < 4.78 is 25.2. The Kier molecular flexibility index (Phi) is 7.99. The number of carbonyl (C=O) groups is 1. The van der Waals surface area contributed by atoms with E-state index in [0.717, 1.165) is 0 Å². The molecule has 7 heteroatoms. The molecule has 0 aliphatic rings. The summed E-state index contributed by atoms with van der Waals surface area (Å²) in [4.78, 5) is 11.0. The number of rotatable bonds is 7. The van der Waals surface area contributed by atoms with Crippen LogP contribution in [0.4, 0.5) is 0 Å². The minimum Gasteiger partial charge on any atom is -0.467 e. The second-order valence-corrected chi connectivity index (χ2v) is 3.67. The van der Waals surface area contributed by atoms with Gasteiger partial charge in [0.15, 0.2) is 0 Å². The normalized spacial score (nSPS) is 13.5. The molecule has 0 rings (SSSR count). The first-order valence-electron chi connectivity index (χ1n) is 3.98. The maximum atomic E-state index is 11.1. The van der Waals surface area contributed by atoms with E-state index in [4.69, 9.17) is 20.9 Å². The molecule has 2 atom stereocenters. The molecule has 0 fully saturated rings. The fourth-order valence-corrected chi connectivity index (χ4v) is 1.72. The first-order valence-corrected chi connectivity index (χ1v) is 5.88. The zero-order valence-corrected chi connectivity index (χ0v) is 9.72. The highest BCUT2D eigenvalue weighted by molar-refractivity contribution is 7.38. The smallest absolute Gasteiger partial charge is 0.467 e. The van der Waals surface area contributed by atoms with Crippen molar-refractivity contribution in [3.8, 4) is 0 Å². The maximum Gasteiger partial charge on any atom is 0.538 e. The molecule has 0 spiro atoms. The van der Waals surface area contributed by atoms with E-state index in [1.807, 2.05) is 0 Å². The minimum atomic E-state index is -2.03. The third kappa shape index (κ3) is 5.50. The number of ether oxygens (including phenoxy) is 2. The molecule has 0 heterocycles. The Morgan fingerprint density at radius 2 is 2.21 bits per heavy atom. The number of carbonyl (C=O) groups excluding carboxylic acids is 1. The van der Waals surface area contributed by atoms with Gasteiger partial charge in [0.2, 0.25) is 6.10 Å². The fraction of sp³-hybridized carbons (Fsp3) is 0.857. The molecular weight excluding hydrogens is 230 g/mol. The fourth-order valence-electron chi connectivity index (χ4n) is 0.604. The van der Waals surface area contributed by atoms with Crippen LogP contribution >= 0.6 is 19.6 Å². The van der Waals surface area contributed by atoms with Crippen molar-refractivity contribution in [3.63, 3.8) is 0 Å². The summed E-state index contributed by atoms with van der Waals surface area (Å²) in [6.45, 7) is 2.21. The molecule has 0 aliphatic heterocycles. The molecule has 0 aromatic heterocycles. The number of alkyl halides is 1. The summed E-state index contributed by atoms with van der Waals surface area (Å²) in [5.41, 5.74) is 0. The lowest BCUT2D eigenvalue weighted by Crippen LogP contribution is -2.25. The van der Waals surface area contributed by atoms with Crippen LogP contribution in [0.15, 0.2) is 0 Å². The van der Waals surface area contributed by atoms with E-state index < -0.39 is 20.1 Å². The standard InChI is InChI=1S/C7H13ClO5P/c1-3-12-5-14(10)13-6(4-8)7(9)11-2/h6H,3-5H2,1-2H3/q+1. The first-order chi connectivity index (χ1) is 6.65. The van der Waals surface area contributed by atoms with E-state index >= 15 is 0 Å². The molecule has 0 saturated heterocycles. The van der Waals surface area contributed by atoms with Gasteiger partial charge in [-0.1, -0.05) is 0 Å². The minimum absolute atomic E-state index is 0.0454. The molecule has 0 amide bonds. The van der Waals surface area contributed by atoms with Gasteiger partial charge in [-0.05, 0) is 11.5 Å². The van der Waals surface area contributed by atoms with Gasteiger partial charge in [-0.15, -0.1) is 16.1 Å². The van der Waals surface area contributed by atoms with E-state index in [-0.39, 0.29) is 12.2 Å². The van der Waals surface area contributed by atoms with Crippen molar-refractivity contribution in [1.82, 2.24) is 0 Å². The Hall–Kier alpha value is -0.220. The number of hydrogen-bond donors (Lipinski definition) is 0. The molecule has 0 aromatic rings. The van der Waals surface area contributed by atoms with E-state index in [2.05, 4.69) is 4.74 Å². The monoisotopic (exact) mass is 243 g/mol. The van der Waals surface area contributed by atoms with Crippen LogP contribution in [0.3, 0.4) is 0 Å². The Morgan fingerprint density at radius 1 is 1.57 bits per heavy atom. The Labute approximate surface area is 88.5 Å². The van der Waals surface area contributed by atoms with Crippen molar-refractivity contribution in [2.24, 2.45) is 0 Å². The van der Waals surface area contributed by atoms with E-state index in [0.29, 0.717) is 6.61 Å². The van der Waals surface area contributed by atoms with Crippen molar-refractivity contribution in [3.05, 3.63) is 0 Å².